The minimum absolute atomic E-state index is 0.0655. The molecule has 0 aromatic heterocycles. The average Bonchev–Trinajstić information content (AvgIpc) is 2.22. The molecule has 0 saturated heterocycles. The fourth-order valence-electron chi connectivity index (χ4n) is 1.78. The van der Waals surface area contributed by atoms with Crippen molar-refractivity contribution in [2.24, 2.45) is 0 Å². The normalized spacial score (nSPS) is 23.2. The highest BCUT2D eigenvalue weighted by Crippen LogP contribution is 2.35. The van der Waals surface area contributed by atoms with Crippen LogP contribution in [0.15, 0.2) is 23.1 Å². The highest BCUT2D eigenvalue weighted by molar-refractivity contribution is 7.89. The Hall–Kier alpha value is -1.08. The van der Waals surface area contributed by atoms with Crippen LogP contribution in [-0.4, -0.2) is 15.0 Å². The lowest BCUT2D eigenvalue weighted by molar-refractivity contribution is -0.137. The summed E-state index contributed by atoms with van der Waals surface area (Å²) < 4.78 is 63.0. The maximum absolute atomic E-state index is 12.5. The monoisotopic (exact) mass is 265 g/mol. The third-order valence-corrected chi connectivity index (χ3v) is 4.23. The van der Waals surface area contributed by atoms with Crippen molar-refractivity contribution in [3.63, 3.8) is 0 Å². The van der Waals surface area contributed by atoms with Gasteiger partial charge in [0.1, 0.15) is 0 Å². The molecule has 0 amide bonds. The van der Waals surface area contributed by atoms with E-state index in [1.807, 2.05) is 0 Å². The molecule has 0 saturated carbocycles. The molecular formula is C10H10F3NO2S. The summed E-state index contributed by atoms with van der Waals surface area (Å²) in [4.78, 5) is -0.0655. The van der Waals surface area contributed by atoms with Crippen LogP contribution in [-0.2, 0) is 16.2 Å². The molecule has 94 valence electrons. The highest BCUT2D eigenvalue weighted by Gasteiger charge is 2.34. The van der Waals surface area contributed by atoms with E-state index in [9.17, 15) is 21.6 Å². The fraction of sp³-hybridized carbons (Fsp3) is 0.400. The molecular weight excluding hydrogens is 255 g/mol. The third-order valence-electron chi connectivity index (χ3n) is 2.74. The van der Waals surface area contributed by atoms with Gasteiger partial charge in [-0.3, -0.25) is 0 Å². The van der Waals surface area contributed by atoms with E-state index in [4.69, 9.17) is 0 Å². The van der Waals surface area contributed by atoms with E-state index in [1.165, 1.54) is 0 Å². The topological polar surface area (TPSA) is 46.2 Å². The number of rotatable bonds is 0. The largest absolute Gasteiger partial charge is 0.416 e. The Balaban J connectivity index is 2.63. The SMILES string of the molecule is CC1CNS(=O)(=O)c2ccc(C(F)(F)F)cc21. The summed E-state index contributed by atoms with van der Waals surface area (Å²) in [6.07, 6.45) is -4.45. The first-order valence-corrected chi connectivity index (χ1v) is 6.41. The smallest absolute Gasteiger partial charge is 0.211 e. The first-order valence-electron chi connectivity index (χ1n) is 4.92. The van der Waals surface area contributed by atoms with Crippen molar-refractivity contribution in [2.75, 3.05) is 6.54 Å². The predicted molar refractivity (Wildman–Crippen MR) is 55.0 cm³/mol. The molecule has 0 aliphatic carbocycles. The van der Waals surface area contributed by atoms with Crippen molar-refractivity contribution in [1.82, 2.24) is 4.72 Å². The Morgan fingerprint density at radius 1 is 1.35 bits per heavy atom. The van der Waals surface area contributed by atoms with E-state index in [0.717, 1.165) is 18.2 Å². The summed E-state index contributed by atoms with van der Waals surface area (Å²) in [5.41, 5.74) is -0.598. The molecule has 0 spiro atoms. The van der Waals surface area contributed by atoms with Gasteiger partial charge in [-0.25, -0.2) is 13.1 Å². The number of hydrogen-bond acceptors (Lipinski definition) is 2. The first-order chi connectivity index (χ1) is 7.72. The van der Waals surface area contributed by atoms with Gasteiger partial charge in [0.25, 0.3) is 0 Å². The Morgan fingerprint density at radius 2 is 2.00 bits per heavy atom. The average molecular weight is 265 g/mol. The molecule has 1 unspecified atom stereocenters. The second-order valence-electron chi connectivity index (χ2n) is 4.00. The summed E-state index contributed by atoms with van der Waals surface area (Å²) in [7, 11) is -3.65. The van der Waals surface area contributed by atoms with Gasteiger partial charge in [0, 0.05) is 6.54 Å². The standard InChI is InChI=1S/C10H10F3NO2S/c1-6-5-14-17(15,16)9-3-2-7(4-8(6)9)10(11,12)13/h2-4,6,14H,5H2,1H3. The number of fused-ring (bicyclic) bond motifs is 1. The van der Waals surface area contributed by atoms with Crippen LogP contribution in [0.2, 0.25) is 0 Å². The maximum atomic E-state index is 12.5. The van der Waals surface area contributed by atoms with E-state index < -0.39 is 21.8 Å². The summed E-state index contributed by atoms with van der Waals surface area (Å²) >= 11 is 0. The number of alkyl halides is 3. The Bertz CT molecular complexity index is 551. The lowest BCUT2D eigenvalue weighted by atomic mass is 9.99. The van der Waals surface area contributed by atoms with Crippen LogP contribution in [0, 0.1) is 0 Å². The van der Waals surface area contributed by atoms with Gasteiger partial charge in [-0.2, -0.15) is 13.2 Å². The van der Waals surface area contributed by atoms with E-state index in [0.29, 0.717) is 0 Å². The molecule has 1 aliphatic heterocycles. The van der Waals surface area contributed by atoms with Crippen molar-refractivity contribution in [1.29, 1.82) is 0 Å². The van der Waals surface area contributed by atoms with Gasteiger partial charge in [-0.1, -0.05) is 6.92 Å². The fourth-order valence-corrected chi connectivity index (χ4v) is 3.22. The number of halogens is 3. The van der Waals surface area contributed by atoms with Crippen molar-refractivity contribution in [3.8, 4) is 0 Å². The molecule has 1 aromatic carbocycles. The quantitative estimate of drug-likeness (QED) is 0.780. The number of sulfonamides is 1. The van der Waals surface area contributed by atoms with Crippen LogP contribution in [0.4, 0.5) is 13.2 Å². The zero-order chi connectivity index (χ0) is 12.8. The minimum Gasteiger partial charge on any atom is -0.211 e. The summed E-state index contributed by atoms with van der Waals surface area (Å²) in [5.74, 6) is -0.268. The molecule has 1 atom stereocenters. The van der Waals surface area contributed by atoms with Crippen molar-refractivity contribution in [3.05, 3.63) is 29.3 Å². The maximum Gasteiger partial charge on any atom is 0.416 e. The van der Waals surface area contributed by atoms with Gasteiger partial charge in [0.05, 0.1) is 10.5 Å². The number of hydrogen-bond donors (Lipinski definition) is 1. The molecule has 1 aromatic rings. The Morgan fingerprint density at radius 3 is 2.59 bits per heavy atom. The molecule has 1 aliphatic rings. The second-order valence-corrected chi connectivity index (χ2v) is 5.74. The first kappa shape index (κ1) is 12.4. The molecule has 17 heavy (non-hydrogen) atoms. The lowest BCUT2D eigenvalue weighted by Gasteiger charge is -2.24. The van der Waals surface area contributed by atoms with Crippen LogP contribution in [0.3, 0.4) is 0 Å². The highest BCUT2D eigenvalue weighted by atomic mass is 32.2. The molecule has 2 rings (SSSR count). The Labute approximate surface area is 96.7 Å². The number of benzene rings is 1. The van der Waals surface area contributed by atoms with E-state index in [-0.39, 0.29) is 22.9 Å². The predicted octanol–water partition coefficient (Wildman–Crippen LogP) is 2.10. The zero-order valence-electron chi connectivity index (χ0n) is 8.88. The summed E-state index contributed by atoms with van der Waals surface area (Å²) in [6, 6.07) is 2.71. The van der Waals surface area contributed by atoms with Crippen LogP contribution < -0.4 is 4.72 Å². The van der Waals surface area contributed by atoms with E-state index in [2.05, 4.69) is 4.72 Å². The second kappa shape index (κ2) is 3.71. The molecule has 1 N–H and O–H groups in total. The van der Waals surface area contributed by atoms with Gasteiger partial charge >= 0.3 is 6.18 Å². The van der Waals surface area contributed by atoms with Crippen molar-refractivity contribution >= 4 is 10.0 Å². The van der Waals surface area contributed by atoms with Crippen molar-refractivity contribution in [2.45, 2.75) is 23.9 Å². The van der Waals surface area contributed by atoms with E-state index >= 15 is 0 Å². The molecule has 0 fully saturated rings. The van der Waals surface area contributed by atoms with Crippen LogP contribution in [0.25, 0.3) is 0 Å². The molecule has 0 radical (unpaired) electrons. The molecule has 1 heterocycles. The minimum atomic E-state index is -4.45. The summed E-state index contributed by atoms with van der Waals surface area (Å²) in [6.45, 7) is 1.80. The molecule has 3 nitrogen and oxygen atoms in total. The van der Waals surface area contributed by atoms with E-state index in [1.54, 1.807) is 6.92 Å². The zero-order valence-corrected chi connectivity index (χ0v) is 9.69. The van der Waals surface area contributed by atoms with Gasteiger partial charge in [0.2, 0.25) is 10.0 Å². The number of nitrogens with one attached hydrogen (secondary N) is 1. The van der Waals surface area contributed by atoms with Crippen molar-refractivity contribution < 1.29 is 21.6 Å². The Kier molecular flexibility index (Phi) is 2.70. The van der Waals surface area contributed by atoms with Gasteiger partial charge in [-0.05, 0) is 29.7 Å². The third kappa shape index (κ3) is 2.16. The molecule has 0 bridgehead atoms. The summed E-state index contributed by atoms with van der Waals surface area (Å²) in [5, 5.41) is 0. The van der Waals surface area contributed by atoms with Crippen LogP contribution in [0.5, 0.6) is 0 Å². The lowest BCUT2D eigenvalue weighted by Crippen LogP contribution is -2.34. The van der Waals surface area contributed by atoms with Crippen LogP contribution in [0.1, 0.15) is 24.0 Å². The van der Waals surface area contributed by atoms with Gasteiger partial charge < -0.3 is 0 Å². The van der Waals surface area contributed by atoms with Crippen LogP contribution >= 0.6 is 0 Å². The molecule has 7 heteroatoms. The van der Waals surface area contributed by atoms with Gasteiger partial charge in [-0.15, -0.1) is 0 Å². The van der Waals surface area contributed by atoms with Gasteiger partial charge in [0.15, 0.2) is 0 Å².